The maximum Gasteiger partial charge on any atom is 0.323 e. The molecule has 0 fully saturated rings. The topological polar surface area (TPSA) is 102 Å². The molecule has 1 atom stereocenters. The largest absolute Gasteiger partial charge is 0.468 e. The lowest BCUT2D eigenvalue weighted by Gasteiger charge is -2.20. The monoisotopic (exact) mass is 354 g/mol. The number of amides is 1. The number of hydrogen-bond donors (Lipinski definition) is 2. The molecule has 8 heteroatoms. The van der Waals surface area contributed by atoms with Gasteiger partial charge in [-0.15, -0.1) is 0 Å². The summed E-state index contributed by atoms with van der Waals surface area (Å²) in [6.07, 6.45) is 1.14. The molecule has 1 aliphatic heterocycles. The van der Waals surface area contributed by atoms with Crippen molar-refractivity contribution in [3.8, 4) is 0 Å². The van der Waals surface area contributed by atoms with Crippen molar-refractivity contribution < 1.29 is 22.7 Å². The summed E-state index contributed by atoms with van der Waals surface area (Å²) >= 11 is 0. The summed E-state index contributed by atoms with van der Waals surface area (Å²) in [7, 11) is -2.64. The highest BCUT2D eigenvalue weighted by atomic mass is 32.2. The number of hydrogen-bond acceptors (Lipinski definition) is 5. The number of carbonyl (C=O) groups is 2. The Hall–Kier alpha value is -1.93. The molecule has 0 bridgehead atoms. The minimum atomic E-state index is -3.87. The Labute approximate surface area is 141 Å². The normalized spacial score (nSPS) is 15.6. The zero-order valence-electron chi connectivity index (χ0n) is 14.0. The molecular formula is C16H22N2O5S. The van der Waals surface area contributed by atoms with Gasteiger partial charge in [0.05, 0.1) is 12.0 Å². The number of carbonyl (C=O) groups excluding carboxylic acids is 2. The molecule has 0 aliphatic carbocycles. The second-order valence-corrected chi connectivity index (χ2v) is 7.91. The molecule has 0 spiro atoms. The van der Waals surface area contributed by atoms with Gasteiger partial charge in [-0.3, -0.25) is 9.59 Å². The third kappa shape index (κ3) is 4.33. The molecule has 1 unspecified atom stereocenters. The number of nitrogens with one attached hydrogen (secondary N) is 2. The molecule has 132 valence electrons. The summed E-state index contributed by atoms with van der Waals surface area (Å²) in [5.74, 6) is -0.577. The van der Waals surface area contributed by atoms with Crippen molar-refractivity contribution in [2.45, 2.75) is 44.0 Å². The second kappa shape index (κ2) is 7.31. The highest BCUT2D eigenvalue weighted by molar-refractivity contribution is 7.89. The van der Waals surface area contributed by atoms with Gasteiger partial charge >= 0.3 is 5.97 Å². The Morgan fingerprint density at radius 3 is 2.67 bits per heavy atom. The Bertz CT molecular complexity index is 743. The van der Waals surface area contributed by atoms with Crippen LogP contribution >= 0.6 is 0 Å². The third-order valence-corrected chi connectivity index (χ3v) is 5.24. The van der Waals surface area contributed by atoms with E-state index in [2.05, 4.69) is 14.8 Å². The van der Waals surface area contributed by atoms with Crippen LogP contribution in [0.3, 0.4) is 0 Å². The fourth-order valence-corrected chi connectivity index (χ4v) is 3.84. The molecule has 1 amide bonds. The van der Waals surface area contributed by atoms with Crippen LogP contribution in [-0.2, 0) is 30.8 Å². The van der Waals surface area contributed by atoms with Gasteiger partial charge in [0, 0.05) is 12.1 Å². The van der Waals surface area contributed by atoms with Crippen molar-refractivity contribution in [2.75, 3.05) is 12.4 Å². The minimum Gasteiger partial charge on any atom is -0.468 e. The predicted molar refractivity (Wildman–Crippen MR) is 89.0 cm³/mol. The molecule has 1 aromatic carbocycles. The average Bonchev–Trinajstić information content (AvgIpc) is 2.52. The van der Waals surface area contributed by atoms with Crippen LogP contribution in [0.1, 0.15) is 32.3 Å². The number of aryl methyl sites for hydroxylation is 1. The minimum absolute atomic E-state index is 0.0649. The zero-order chi connectivity index (χ0) is 17.9. The Balaban J connectivity index is 2.26. The predicted octanol–water partition coefficient (Wildman–Crippen LogP) is 1.44. The molecule has 0 saturated heterocycles. The number of ether oxygens (including phenoxy) is 1. The van der Waals surface area contributed by atoms with E-state index in [9.17, 15) is 18.0 Å². The fraction of sp³-hybridized carbons (Fsp3) is 0.500. The lowest BCUT2D eigenvalue weighted by Crippen LogP contribution is -2.42. The maximum atomic E-state index is 12.6. The van der Waals surface area contributed by atoms with E-state index in [0.717, 1.165) is 5.56 Å². The third-order valence-electron chi connectivity index (χ3n) is 3.77. The Morgan fingerprint density at radius 1 is 1.33 bits per heavy atom. The van der Waals surface area contributed by atoms with Crippen LogP contribution in [0.15, 0.2) is 23.1 Å². The van der Waals surface area contributed by atoms with E-state index in [-0.39, 0.29) is 16.7 Å². The molecule has 1 heterocycles. The summed E-state index contributed by atoms with van der Waals surface area (Å²) in [4.78, 5) is 23.3. The van der Waals surface area contributed by atoms with Crippen LogP contribution < -0.4 is 10.0 Å². The van der Waals surface area contributed by atoms with Crippen molar-refractivity contribution in [3.63, 3.8) is 0 Å². The summed E-state index contributed by atoms with van der Waals surface area (Å²) in [6.45, 7) is 3.79. The van der Waals surface area contributed by atoms with Crippen LogP contribution in [0.25, 0.3) is 0 Å². The molecule has 2 N–H and O–H groups in total. The van der Waals surface area contributed by atoms with E-state index >= 15 is 0 Å². The van der Waals surface area contributed by atoms with Crippen LogP contribution in [-0.4, -0.2) is 33.4 Å². The molecule has 1 aliphatic rings. The number of methoxy groups -OCH3 is 1. The Kier molecular flexibility index (Phi) is 5.61. The van der Waals surface area contributed by atoms with Gasteiger partial charge in [-0.2, -0.15) is 4.72 Å². The van der Waals surface area contributed by atoms with Gasteiger partial charge in [-0.1, -0.05) is 13.8 Å². The highest BCUT2D eigenvalue weighted by Crippen LogP contribution is 2.25. The van der Waals surface area contributed by atoms with E-state index in [1.807, 2.05) is 13.8 Å². The van der Waals surface area contributed by atoms with E-state index in [0.29, 0.717) is 24.9 Å². The lowest BCUT2D eigenvalue weighted by molar-refractivity contribution is -0.143. The van der Waals surface area contributed by atoms with Crippen LogP contribution in [0.2, 0.25) is 0 Å². The summed E-state index contributed by atoms with van der Waals surface area (Å²) < 4.78 is 32.3. The van der Waals surface area contributed by atoms with Crippen molar-refractivity contribution in [2.24, 2.45) is 5.92 Å². The van der Waals surface area contributed by atoms with Gasteiger partial charge in [-0.25, -0.2) is 8.42 Å². The van der Waals surface area contributed by atoms with Crippen LogP contribution in [0, 0.1) is 5.92 Å². The van der Waals surface area contributed by atoms with Gasteiger partial charge in [0.15, 0.2) is 0 Å². The molecular weight excluding hydrogens is 332 g/mol. The quantitative estimate of drug-likeness (QED) is 0.753. The number of sulfonamides is 1. The van der Waals surface area contributed by atoms with E-state index in [1.165, 1.54) is 19.2 Å². The first-order valence-corrected chi connectivity index (χ1v) is 9.24. The summed E-state index contributed by atoms with van der Waals surface area (Å²) in [5.41, 5.74) is 1.38. The highest BCUT2D eigenvalue weighted by Gasteiger charge is 2.28. The van der Waals surface area contributed by atoms with Crippen molar-refractivity contribution >= 4 is 27.6 Å². The Morgan fingerprint density at radius 2 is 2.04 bits per heavy atom. The van der Waals surface area contributed by atoms with Crippen LogP contribution in [0.5, 0.6) is 0 Å². The van der Waals surface area contributed by atoms with E-state index < -0.39 is 22.0 Å². The van der Waals surface area contributed by atoms with Gasteiger partial charge in [0.1, 0.15) is 6.04 Å². The molecule has 1 aromatic rings. The number of esters is 1. The molecule has 2 rings (SSSR count). The van der Waals surface area contributed by atoms with Crippen molar-refractivity contribution in [3.05, 3.63) is 23.8 Å². The van der Waals surface area contributed by atoms with Gasteiger partial charge in [0.25, 0.3) is 0 Å². The SMILES string of the molecule is COC(=O)C(CC(C)C)NS(=O)(=O)c1ccc2c(c1)CCC(=O)N2. The second-order valence-electron chi connectivity index (χ2n) is 6.19. The molecule has 0 saturated carbocycles. The first-order valence-electron chi connectivity index (χ1n) is 7.76. The standard InChI is InChI=1S/C16H22N2O5S/c1-10(2)8-14(16(20)23-3)18-24(21,22)12-5-6-13-11(9-12)4-7-15(19)17-13/h5-6,9-10,14,18H,4,7-8H2,1-3H3,(H,17,19). The first-order chi connectivity index (χ1) is 11.2. The number of rotatable bonds is 6. The number of anilines is 1. The van der Waals surface area contributed by atoms with Crippen molar-refractivity contribution in [1.82, 2.24) is 4.72 Å². The molecule has 0 radical (unpaired) electrons. The zero-order valence-corrected chi connectivity index (χ0v) is 14.8. The average molecular weight is 354 g/mol. The van der Waals surface area contributed by atoms with E-state index in [1.54, 1.807) is 6.07 Å². The first kappa shape index (κ1) is 18.4. The van der Waals surface area contributed by atoms with Crippen molar-refractivity contribution in [1.29, 1.82) is 0 Å². The summed E-state index contributed by atoms with van der Waals surface area (Å²) in [5, 5.41) is 2.70. The number of benzene rings is 1. The van der Waals surface area contributed by atoms with Gasteiger partial charge < -0.3 is 10.1 Å². The van der Waals surface area contributed by atoms with E-state index in [4.69, 9.17) is 0 Å². The lowest BCUT2D eigenvalue weighted by atomic mass is 10.0. The van der Waals surface area contributed by atoms with Crippen LogP contribution in [0.4, 0.5) is 5.69 Å². The van der Waals surface area contributed by atoms with Gasteiger partial charge in [-0.05, 0) is 42.5 Å². The maximum absolute atomic E-state index is 12.6. The molecule has 7 nitrogen and oxygen atoms in total. The smallest absolute Gasteiger partial charge is 0.323 e. The fourth-order valence-electron chi connectivity index (χ4n) is 2.59. The van der Waals surface area contributed by atoms with Gasteiger partial charge in [0.2, 0.25) is 15.9 Å². The summed E-state index contributed by atoms with van der Waals surface area (Å²) in [6, 6.07) is 3.57. The number of fused-ring (bicyclic) bond motifs is 1. The molecule has 24 heavy (non-hydrogen) atoms. The molecule has 0 aromatic heterocycles.